The van der Waals surface area contributed by atoms with Crippen LogP contribution in [0.1, 0.15) is 63.9 Å². The van der Waals surface area contributed by atoms with E-state index in [2.05, 4.69) is 17.2 Å². The normalized spacial score (nSPS) is 20.1. The van der Waals surface area contributed by atoms with Gasteiger partial charge in [-0.25, -0.2) is 14.3 Å². The van der Waals surface area contributed by atoms with Crippen LogP contribution in [-0.4, -0.2) is 33.0 Å². The van der Waals surface area contributed by atoms with Crippen molar-refractivity contribution in [1.82, 2.24) is 14.3 Å². The Labute approximate surface area is 170 Å². The molecule has 0 amide bonds. The summed E-state index contributed by atoms with van der Waals surface area (Å²) in [4.78, 5) is 25.9. The fraction of sp³-hybridized carbons (Fsp3) is 0.591. The van der Waals surface area contributed by atoms with E-state index in [9.17, 15) is 9.59 Å². The monoisotopic (exact) mass is 399 g/mol. The van der Waals surface area contributed by atoms with Gasteiger partial charge < -0.3 is 9.47 Å². The van der Waals surface area contributed by atoms with Gasteiger partial charge in [0.1, 0.15) is 23.2 Å². The van der Waals surface area contributed by atoms with Crippen molar-refractivity contribution < 1.29 is 14.3 Å². The second kappa shape index (κ2) is 7.04. The summed E-state index contributed by atoms with van der Waals surface area (Å²) in [6, 6.07) is 7.45. The van der Waals surface area contributed by atoms with Gasteiger partial charge in [-0.1, -0.05) is 12.1 Å². The highest BCUT2D eigenvalue weighted by atomic mass is 16.6. The Kier molecular flexibility index (Phi) is 4.79. The van der Waals surface area contributed by atoms with E-state index in [1.807, 2.05) is 32.9 Å². The van der Waals surface area contributed by atoms with Crippen molar-refractivity contribution in [3.8, 4) is 5.75 Å². The van der Waals surface area contributed by atoms with Crippen molar-refractivity contribution in [3.05, 3.63) is 46.1 Å². The summed E-state index contributed by atoms with van der Waals surface area (Å²) in [6.07, 6.45) is 4.17. The summed E-state index contributed by atoms with van der Waals surface area (Å²) < 4.78 is 13.9. The summed E-state index contributed by atoms with van der Waals surface area (Å²) in [5.74, 6) is 1.15. The lowest BCUT2D eigenvalue weighted by molar-refractivity contribution is -0.159. The fourth-order valence-electron chi connectivity index (χ4n) is 4.15. The molecule has 1 atom stereocenters. The number of benzene rings is 1. The number of aromatic nitrogens is 3. The molecule has 0 unspecified atom stereocenters. The van der Waals surface area contributed by atoms with Crippen molar-refractivity contribution in [1.29, 1.82) is 0 Å². The molecule has 4 rings (SSSR count). The van der Waals surface area contributed by atoms with Crippen LogP contribution in [-0.2, 0) is 27.9 Å². The van der Waals surface area contributed by atoms with E-state index >= 15 is 0 Å². The molecule has 1 aliphatic heterocycles. The van der Waals surface area contributed by atoms with Crippen LogP contribution in [0.2, 0.25) is 0 Å². The lowest BCUT2D eigenvalue weighted by atomic mass is 9.96. The number of nitrogens with zero attached hydrogens (tertiary/aromatic N) is 3. The van der Waals surface area contributed by atoms with Gasteiger partial charge in [0.25, 0.3) is 0 Å². The quantitative estimate of drug-likeness (QED) is 0.723. The molecule has 2 aromatic rings. The number of methoxy groups -OCH3 is 1. The molecule has 7 heteroatoms. The first-order valence-electron chi connectivity index (χ1n) is 10.3. The third kappa shape index (κ3) is 3.82. The predicted octanol–water partition coefficient (Wildman–Crippen LogP) is 3.00. The standard InChI is InChI=1S/C22H29N3O4/c1-21(2,3)29-19(26)17-6-5-7-18-23-24(20(27)25(17)18)14-22(12-13-22)15-8-10-16(28-4)11-9-15/h8-11,17H,5-7,12-14H2,1-4H3/t17-/m0/s1. The van der Waals surface area contributed by atoms with Crippen molar-refractivity contribution >= 4 is 5.97 Å². The molecule has 0 N–H and O–H groups in total. The van der Waals surface area contributed by atoms with E-state index in [1.54, 1.807) is 16.4 Å². The number of carbonyl (C=O) groups excluding carboxylic acids is 1. The van der Waals surface area contributed by atoms with Crippen molar-refractivity contribution in [3.63, 3.8) is 0 Å². The van der Waals surface area contributed by atoms with Gasteiger partial charge in [0.15, 0.2) is 0 Å². The van der Waals surface area contributed by atoms with Gasteiger partial charge in [0.2, 0.25) is 0 Å². The average molecular weight is 399 g/mol. The highest BCUT2D eigenvalue weighted by Gasteiger charge is 2.46. The maximum absolute atomic E-state index is 13.2. The molecule has 1 aromatic heterocycles. The first-order valence-corrected chi connectivity index (χ1v) is 10.3. The summed E-state index contributed by atoms with van der Waals surface area (Å²) in [7, 11) is 1.65. The minimum absolute atomic E-state index is 0.0674. The molecule has 29 heavy (non-hydrogen) atoms. The summed E-state index contributed by atoms with van der Waals surface area (Å²) >= 11 is 0. The van der Waals surface area contributed by atoms with Crippen LogP contribution in [0.4, 0.5) is 0 Å². The Morgan fingerprint density at radius 3 is 2.52 bits per heavy atom. The van der Waals surface area contributed by atoms with E-state index in [0.29, 0.717) is 25.2 Å². The number of hydrogen-bond acceptors (Lipinski definition) is 5. The molecule has 2 aliphatic rings. The largest absolute Gasteiger partial charge is 0.497 e. The Morgan fingerprint density at radius 2 is 1.93 bits per heavy atom. The Morgan fingerprint density at radius 1 is 1.24 bits per heavy atom. The first-order chi connectivity index (χ1) is 13.7. The topological polar surface area (TPSA) is 75.4 Å². The van der Waals surface area contributed by atoms with Crippen LogP contribution in [0.25, 0.3) is 0 Å². The highest BCUT2D eigenvalue weighted by Crippen LogP contribution is 2.49. The molecular weight excluding hydrogens is 370 g/mol. The number of carbonyl (C=O) groups is 1. The number of aryl methyl sites for hydroxylation is 1. The second-order valence-electron chi connectivity index (χ2n) is 9.18. The van der Waals surface area contributed by atoms with Crippen LogP contribution in [0.3, 0.4) is 0 Å². The van der Waals surface area contributed by atoms with Crippen LogP contribution in [0.5, 0.6) is 5.75 Å². The van der Waals surface area contributed by atoms with E-state index < -0.39 is 11.6 Å². The van der Waals surface area contributed by atoms with Crippen molar-refractivity contribution in [2.45, 2.75) is 76.5 Å². The molecule has 7 nitrogen and oxygen atoms in total. The minimum atomic E-state index is -0.588. The molecule has 0 radical (unpaired) electrons. The average Bonchev–Trinajstić information content (AvgIpc) is 3.39. The summed E-state index contributed by atoms with van der Waals surface area (Å²) in [5.41, 5.74) is 0.332. The zero-order valence-corrected chi connectivity index (χ0v) is 17.6. The third-order valence-corrected chi connectivity index (χ3v) is 5.82. The minimum Gasteiger partial charge on any atom is -0.497 e. The van der Waals surface area contributed by atoms with E-state index in [4.69, 9.17) is 9.47 Å². The van der Waals surface area contributed by atoms with Gasteiger partial charge in [-0.3, -0.25) is 4.57 Å². The molecular formula is C22H29N3O4. The number of fused-ring (bicyclic) bond motifs is 1. The highest BCUT2D eigenvalue weighted by molar-refractivity contribution is 5.74. The summed E-state index contributed by atoms with van der Waals surface area (Å²) in [6.45, 7) is 6.05. The SMILES string of the molecule is COc1ccc(C2(Cn3nc4n(c3=O)[C@H](C(=O)OC(C)(C)C)CCC4)CC2)cc1. The van der Waals surface area contributed by atoms with Crippen molar-refractivity contribution in [2.75, 3.05) is 7.11 Å². The van der Waals surface area contributed by atoms with Crippen LogP contribution >= 0.6 is 0 Å². The van der Waals surface area contributed by atoms with E-state index in [0.717, 1.165) is 25.0 Å². The molecule has 2 heterocycles. The van der Waals surface area contributed by atoms with Crippen LogP contribution in [0.15, 0.2) is 29.1 Å². The number of esters is 1. The predicted molar refractivity (Wildman–Crippen MR) is 108 cm³/mol. The van der Waals surface area contributed by atoms with Gasteiger partial charge in [0.05, 0.1) is 13.7 Å². The van der Waals surface area contributed by atoms with E-state index in [-0.39, 0.29) is 17.1 Å². The van der Waals surface area contributed by atoms with Gasteiger partial charge in [-0.05, 0) is 64.2 Å². The van der Waals surface area contributed by atoms with Gasteiger partial charge in [-0.15, -0.1) is 0 Å². The van der Waals surface area contributed by atoms with Crippen LogP contribution < -0.4 is 10.4 Å². The zero-order valence-electron chi connectivity index (χ0n) is 17.6. The number of hydrogen-bond donors (Lipinski definition) is 0. The second-order valence-corrected chi connectivity index (χ2v) is 9.18. The maximum atomic E-state index is 13.2. The van der Waals surface area contributed by atoms with Gasteiger partial charge in [-0.2, -0.15) is 5.10 Å². The number of rotatable bonds is 5. The molecule has 156 valence electrons. The molecule has 1 aliphatic carbocycles. The maximum Gasteiger partial charge on any atom is 0.346 e. The van der Waals surface area contributed by atoms with Crippen molar-refractivity contribution in [2.24, 2.45) is 0 Å². The molecule has 0 saturated heterocycles. The first kappa shape index (κ1) is 19.7. The third-order valence-electron chi connectivity index (χ3n) is 5.82. The Hall–Kier alpha value is -2.57. The molecule has 1 fully saturated rings. The molecule has 1 saturated carbocycles. The fourth-order valence-corrected chi connectivity index (χ4v) is 4.15. The lowest BCUT2D eigenvalue weighted by Crippen LogP contribution is -2.38. The van der Waals surface area contributed by atoms with Crippen LogP contribution in [0, 0.1) is 0 Å². The van der Waals surface area contributed by atoms with E-state index in [1.165, 1.54) is 5.56 Å². The van der Waals surface area contributed by atoms with Gasteiger partial charge >= 0.3 is 11.7 Å². The number of ether oxygens (including phenoxy) is 2. The molecule has 0 bridgehead atoms. The lowest BCUT2D eigenvalue weighted by Gasteiger charge is -2.26. The molecule has 1 aromatic carbocycles. The zero-order chi connectivity index (χ0) is 20.8. The Balaban J connectivity index is 1.61. The molecule has 0 spiro atoms. The summed E-state index contributed by atoms with van der Waals surface area (Å²) in [5, 5.41) is 4.60. The smallest absolute Gasteiger partial charge is 0.346 e. The Bertz CT molecular complexity index is 961. The van der Waals surface area contributed by atoms with Gasteiger partial charge in [0, 0.05) is 11.8 Å².